The Balaban J connectivity index is 1.64. The molecule has 6 heteroatoms. The zero-order valence-electron chi connectivity index (χ0n) is 15.2. The van der Waals surface area contributed by atoms with E-state index in [0.29, 0.717) is 12.0 Å². The first-order valence-electron chi connectivity index (χ1n) is 9.21. The van der Waals surface area contributed by atoms with Gasteiger partial charge in [0.05, 0.1) is 6.54 Å². The second-order valence-electron chi connectivity index (χ2n) is 6.79. The maximum Gasteiger partial charge on any atom is 0.191 e. The molecule has 0 saturated heterocycles. The second-order valence-corrected chi connectivity index (χ2v) is 6.79. The summed E-state index contributed by atoms with van der Waals surface area (Å²) in [6.45, 7) is 6.90. The predicted octanol–water partition coefficient (Wildman–Crippen LogP) is 3.11. The van der Waals surface area contributed by atoms with Crippen LogP contribution in [0.15, 0.2) is 35.6 Å². The molecule has 1 saturated carbocycles. The van der Waals surface area contributed by atoms with Gasteiger partial charge < -0.3 is 10.6 Å². The van der Waals surface area contributed by atoms with E-state index in [1.54, 1.807) is 0 Å². The first-order valence-corrected chi connectivity index (χ1v) is 9.21. The van der Waals surface area contributed by atoms with Crippen molar-refractivity contribution in [3.63, 3.8) is 0 Å². The minimum atomic E-state index is 0.475. The Morgan fingerprint density at radius 1 is 1.28 bits per heavy atom. The molecule has 0 amide bonds. The first-order chi connectivity index (χ1) is 12.2. The van der Waals surface area contributed by atoms with Crippen molar-refractivity contribution in [3.8, 4) is 11.4 Å². The number of nitrogens with one attached hydrogen (secondary N) is 3. The first kappa shape index (κ1) is 17.5. The molecule has 0 atom stereocenters. The zero-order valence-corrected chi connectivity index (χ0v) is 15.2. The van der Waals surface area contributed by atoms with Crippen molar-refractivity contribution in [2.75, 3.05) is 13.1 Å². The lowest BCUT2D eigenvalue weighted by Crippen LogP contribution is -2.46. The third-order valence-corrected chi connectivity index (χ3v) is 5.17. The van der Waals surface area contributed by atoms with Gasteiger partial charge in [0.15, 0.2) is 11.8 Å². The number of hydrogen-bond acceptors (Lipinski definition) is 3. The standard InChI is InChI=1S/C19H28N6/c1-3-19(9-6-10-19)13-22-18(20-4-2)21-12-15-7-5-8-16(11-15)17-23-14-24-25-17/h5,7-8,11,14H,3-4,6,9-10,12-13H2,1-2H3,(H2,20,21,22)(H,23,24,25). The van der Waals surface area contributed by atoms with Crippen LogP contribution < -0.4 is 10.6 Å². The summed E-state index contributed by atoms with van der Waals surface area (Å²) in [5.74, 6) is 1.68. The van der Waals surface area contributed by atoms with E-state index in [0.717, 1.165) is 36.0 Å². The molecule has 1 aromatic heterocycles. The summed E-state index contributed by atoms with van der Waals surface area (Å²) >= 11 is 0. The van der Waals surface area contributed by atoms with E-state index >= 15 is 0 Å². The van der Waals surface area contributed by atoms with Gasteiger partial charge in [-0.25, -0.2) is 9.98 Å². The number of rotatable bonds is 7. The van der Waals surface area contributed by atoms with Crippen LogP contribution in [0, 0.1) is 5.41 Å². The molecule has 1 heterocycles. The van der Waals surface area contributed by atoms with E-state index in [9.17, 15) is 0 Å². The van der Waals surface area contributed by atoms with E-state index in [1.807, 2.05) is 12.1 Å². The summed E-state index contributed by atoms with van der Waals surface area (Å²) in [4.78, 5) is 8.96. The Morgan fingerprint density at radius 3 is 2.80 bits per heavy atom. The van der Waals surface area contributed by atoms with Gasteiger partial charge in [-0.05, 0) is 43.2 Å². The highest BCUT2D eigenvalue weighted by Gasteiger charge is 2.34. The minimum Gasteiger partial charge on any atom is -0.357 e. The highest BCUT2D eigenvalue weighted by Crippen LogP contribution is 2.42. The molecule has 0 bridgehead atoms. The van der Waals surface area contributed by atoms with E-state index in [-0.39, 0.29) is 0 Å². The molecule has 134 valence electrons. The molecule has 3 N–H and O–H groups in total. The molecule has 1 fully saturated rings. The molecule has 0 spiro atoms. The van der Waals surface area contributed by atoms with Crippen molar-refractivity contribution in [1.82, 2.24) is 25.8 Å². The van der Waals surface area contributed by atoms with Crippen LogP contribution >= 0.6 is 0 Å². The maximum atomic E-state index is 4.75. The van der Waals surface area contributed by atoms with Crippen LogP contribution in [0.25, 0.3) is 11.4 Å². The van der Waals surface area contributed by atoms with Crippen LogP contribution in [-0.2, 0) is 6.54 Å². The van der Waals surface area contributed by atoms with Crippen molar-refractivity contribution < 1.29 is 0 Å². The summed E-state index contributed by atoms with van der Waals surface area (Å²) in [7, 11) is 0. The fraction of sp³-hybridized carbons (Fsp3) is 0.526. The van der Waals surface area contributed by atoms with Crippen LogP contribution in [0.3, 0.4) is 0 Å². The lowest BCUT2D eigenvalue weighted by molar-refractivity contribution is 0.131. The molecule has 6 nitrogen and oxygen atoms in total. The molecule has 0 unspecified atom stereocenters. The minimum absolute atomic E-state index is 0.475. The fourth-order valence-corrected chi connectivity index (χ4v) is 3.28. The number of aliphatic imine (C=N–C) groups is 1. The lowest BCUT2D eigenvalue weighted by Gasteiger charge is -2.41. The normalized spacial score (nSPS) is 16.3. The number of hydrogen-bond donors (Lipinski definition) is 3. The van der Waals surface area contributed by atoms with E-state index < -0.39 is 0 Å². The second kappa shape index (κ2) is 8.14. The van der Waals surface area contributed by atoms with Crippen LogP contribution in [0.1, 0.15) is 45.1 Å². The number of H-pyrrole nitrogens is 1. The van der Waals surface area contributed by atoms with Crippen LogP contribution in [0.4, 0.5) is 0 Å². The largest absolute Gasteiger partial charge is 0.357 e. The zero-order chi connectivity index (χ0) is 17.5. The van der Waals surface area contributed by atoms with Crippen molar-refractivity contribution in [3.05, 3.63) is 36.2 Å². The van der Waals surface area contributed by atoms with Gasteiger partial charge in [-0.1, -0.05) is 31.5 Å². The average molecular weight is 340 g/mol. The smallest absolute Gasteiger partial charge is 0.191 e. The van der Waals surface area contributed by atoms with Crippen LogP contribution in [0.2, 0.25) is 0 Å². The van der Waals surface area contributed by atoms with E-state index in [2.05, 4.69) is 51.8 Å². The molecule has 25 heavy (non-hydrogen) atoms. The van der Waals surface area contributed by atoms with Gasteiger partial charge in [0.2, 0.25) is 0 Å². The molecule has 1 aromatic carbocycles. The van der Waals surface area contributed by atoms with Gasteiger partial charge in [-0.3, -0.25) is 5.10 Å². The third-order valence-electron chi connectivity index (χ3n) is 5.17. The van der Waals surface area contributed by atoms with Gasteiger partial charge in [0.1, 0.15) is 6.33 Å². The number of benzene rings is 1. The highest BCUT2D eigenvalue weighted by atomic mass is 15.2. The van der Waals surface area contributed by atoms with Gasteiger partial charge in [-0.2, -0.15) is 5.10 Å². The Bertz CT molecular complexity index is 682. The quantitative estimate of drug-likeness (QED) is 0.534. The Kier molecular flexibility index (Phi) is 5.68. The summed E-state index contributed by atoms with van der Waals surface area (Å²) in [5.41, 5.74) is 2.66. The Hall–Kier alpha value is -2.37. The topological polar surface area (TPSA) is 78.0 Å². The van der Waals surface area contributed by atoms with Crippen molar-refractivity contribution in [1.29, 1.82) is 0 Å². The maximum absolute atomic E-state index is 4.75. The van der Waals surface area contributed by atoms with Gasteiger partial charge in [-0.15, -0.1) is 0 Å². The fourth-order valence-electron chi connectivity index (χ4n) is 3.28. The van der Waals surface area contributed by atoms with Crippen LogP contribution in [-0.4, -0.2) is 34.2 Å². The summed E-state index contributed by atoms with van der Waals surface area (Å²) < 4.78 is 0. The average Bonchev–Trinajstić information content (AvgIpc) is 3.14. The Labute approximate surface area is 149 Å². The van der Waals surface area contributed by atoms with Crippen LogP contribution in [0.5, 0.6) is 0 Å². The van der Waals surface area contributed by atoms with E-state index in [4.69, 9.17) is 4.99 Å². The molecule has 1 aliphatic carbocycles. The summed E-state index contributed by atoms with van der Waals surface area (Å²) in [6, 6.07) is 8.25. The number of aromatic amines is 1. The van der Waals surface area contributed by atoms with Gasteiger partial charge in [0, 0.05) is 18.7 Å². The number of guanidine groups is 1. The molecule has 0 aliphatic heterocycles. The molecular weight excluding hydrogens is 312 g/mol. The third kappa shape index (κ3) is 4.38. The molecule has 2 aromatic rings. The summed E-state index contributed by atoms with van der Waals surface area (Å²) in [5, 5.41) is 13.7. The predicted molar refractivity (Wildman–Crippen MR) is 101 cm³/mol. The highest BCUT2D eigenvalue weighted by molar-refractivity contribution is 5.79. The SMILES string of the molecule is CCNC(=NCc1cccc(-c2ncn[nH]2)c1)NCC1(CC)CCC1. The van der Waals surface area contributed by atoms with Gasteiger partial charge in [0.25, 0.3) is 0 Å². The summed E-state index contributed by atoms with van der Waals surface area (Å²) in [6.07, 6.45) is 6.78. The molecule has 0 radical (unpaired) electrons. The van der Waals surface area contributed by atoms with Crippen molar-refractivity contribution in [2.24, 2.45) is 10.4 Å². The monoisotopic (exact) mass is 340 g/mol. The number of aromatic nitrogens is 3. The lowest BCUT2D eigenvalue weighted by atomic mass is 9.67. The van der Waals surface area contributed by atoms with Crippen molar-refractivity contribution >= 4 is 5.96 Å². The Morgan fingerprint density at radius 2 is 2.16 bits per heavy atom. The number of nitrogens with zero attached hydrogens (tertiary/aromatic N) is 3. The molecule has 3 rings (SSSR count). The molecule has 1 aliphatic rings. The van der Waals surface area contributed by atoms with E-state index in [1.165, 1.54) is 32.0 Å². The van der Waals surface area contributed by atoms with Crippen molar-refractivity contribution in [2.45, 2.75) is 46.1 Å². The van der Waals surface area contributed by atoms with Gasteiger partial charge >= 0.3 is 0 Å². The molecular formula is C19H28N6.